The minimum absolute atomic E-state index is 0.256. The van der Waals surface area contributed by atoms with Crippen LogP contribution in [0.2, 0.25) is 0 Å². The fraction of sp³-hybridized carbons (Fsp3) is 0.500. The molecule has 0 heterocycles. The van der Waals surface area contributed by atoms with Crippen molar-refractivity contribution in [3.63, 3.8) is 0 Å². The van der Waals surface area contributed by atoms with E-state index in [0.717, 1.165) is 18.9 Å². The Morgan fingerprint density at radius 1 is 1.33 bits per heavy atom. The topological polar surface area (TPSA) is 20.2 Å². The molecular weight excluding hydrogens is 198 g/mol. The fourth-order valence-electron chi connectivity index (χ4n) is 1.48. The van der Waals surface area contributed by atoms with Crippen molar-refractivity contribution in [3.8, 4) is 0 Å². The number of unbranched alkanes of at least 4 members (excludes halogenated alkanes) is 1. The van der Waals surface area contributed by atoms with E-state index in [9.17, 15) is 13.9 Å². The van der Waals surface area contributed by atoms with Crippen molar-refractivity contribution in [2.75, 3.05) is 0 Å². The molecule has 0 amide bonds. The number of hydrogen-bond donors (Lipinski definition) is 1. The van der Waals surface area contributed by atoms with Gasteiger partial charge in [0.25, 0.3) is 0 Å². The summed E-state index contributed by atoms with van der Waals surface area (Å²) in [7, 11) is 0. The lowest BCUT2D eigenvalue weighted by atomic mass is 10.0. The molecule has 15 heavy (non-hydrogen) atoms. The molecule has 0 radical (unpaired) electrons. The van der Waals surface area contributed by atoms with Gasteiger partial charge in [0.15, 0.2) is 0 Å². The van der Waals surface area contributed by atoms with E-state index >= 15 is 0 Å². The normalized spacial score (nSPS) is 12.8. The second kappa shape index (κ2) is 5.81. The first kappa shape index (κ1) is 12.1. The van der Waals surface area contributed by atoms with Crippen molar-refractivity contribution in [1.29, 1.82) is 0 Å². The van der Waals surface area contributed by atoms with Gasteiger partial charge in [0.05, 0.1) is 6.10 Å². The van der Waals surface area contributed by atoms with E-state index < -0.39 is 17.7 Å². The third-order valence-corrected chi connectivity index (χ3v) is 2.36. The van der Waals surface area contributed by atoms with Crippen LogP contribution >= 0.6 is 0 Å². The molecule has 0 fully saturated rings. The molecule has 0 aliphatic rings. The van der Waals surface area contributed by atoms with E-state index in [4.69, 9.17) is 0 Å². The minimum atomic E-state index is -0.584. The van der Waals surface area contributed by atoms with Crippen molar-refractivity contribution < 1.29 is 13.9 Å². The summed E-state index contributed by atoms with van der Waals surface area (Å²) in [6, 6.07) is 3.45. The predicted octanol–water partition coefficient (Wildman–Crippen LogP) is 3.06. The number of halogens is 2. The van der Waals surface area contributed by atoms with E-state index in [1.807, 2.05) is 6.92 Å². The summed E-state index contributed by atoms with van der Waals surface area (Å²) >= 11 is 0. The molecule has 0 aliphatic carbocycles. The van der Waals surface area contributed by atoms with Gasteiger partial charge in [-0.05, 0) is 18.1 Å². The van der Waals surface area contributed by atoms with Crippen LogP contribution in [0.15, 0.2) is 18.2 Å². The number of rotatable bonds is 5. The lowest BCUT2D eigenvalue weighted by Gasteiger charge is -2.10. The first-order valence-electron chi connectivity index (χ1n) is 5.25. The van der Waals surface area contributed by atoms with Crippen LogP contribution < -0.4 is 0 Å². The maximum Gasteiger partial charge on any atom is 0.129 e. The predicted molar refractivity (Wildman–Crippen MR) is 55.6 cm³/mol. The largest absolute Gasteiger partial charge is 0.393 e. The maximum atomic E-state index is 13.2. The van der Waals surface area contributed by atoms with Crippen molar-refractivity contribution in [2.45, 2.75) is 38.7 Å². The van der Waals surface area contributed by atoms with Crippen LogP contribution in [0.25, 0.3) is 0 Å². The molecule has 0 aromatic heterocycles. The summed E-state index contributed by atoms with van der Waals surface area (Å²) in [4.78, 5) is 0. The molecule has 1 unspecified atom stereocenters. The molecule has 84 valence electrons. The third-order valence-electron chi connectivity index (χ3n) is 2.36. The molecule has 1 rings (SSSR count). The first-order chi connectivity index (χ1) is 7.13. The number of aliphatic hydroxyl groups is 1. The molecule has 0 spiro atoms. The van der Waals surface area contributed by atoms with Gasteiger partial charge in [0.1, 0.15) is 11.6 Å². The van der Waals surface area contributed by atoms with Gasteiger partial charge >= 0.3 is 0 Å². The molecule has 1 aromatic carbocycles. The van der Waals surface area contributed by atoms with E-state index in [-0.39, 0.29) is 6.42 Å². The quantitative estimate of drug-likeness (QED) is 0.798. The van der Waals surface area contributed by atoms with Crippen LogP contribution in [0.3, 0.4) is 0 Å². The smallest absolute Gasteiger partial charge is 0.129 e. The van der Waals surface area contributed by atoms with Crippen LogP contribution in [-0.2, 0) is 6.42 Å². The second-order valence-electron chi connectivity index (χ2n) is 3.74. The van der Waals surface area contributed by atoms with E-state index in [2.05, 4.69) is 0 Å². The Kier molecular flexibility index (Phi) is 4.69. The highest BCUT2D eigenvalue weighted by atomic mass is 19.1. The van der Waals surface area contributed by atoms with Gasteiger partial charge in [-0.3, -0.25) is 0 Å². The van der Waals surface area contributed by atoms with Crippen molar-refractivity contribution in [1.82, 2.24) is 0 Å². The summed E-state index contributed by atoms with van der Waals surface area (Å²) in [5.74, 6) is -1.16. The van der Waals surface area contributed by atoms with Crippen molar-refractivity contribution >= 4 is 0 Å². The van der Waals surface area contributed by atoms with Gasteiger partial charge in [0.2, 0.25) is 0 Å². The van der Waals surface area contributed by atoms with Crippen molar-refractivity contribution in [3.05, 3.63) is 35.4 Å². The van der Waals surface area contributed by atoms with Gasteiger partial charge in [-0.2, -0.15) is 0 Å². The molecule has 0 bridgehead atoms. The highest BCUT2D eigenvalue weighted by Crippen LogP contribution is 2.13. The highest BCUT2D eigenvalue weighted by molar-refractivity contribution is 5.19. The second-order valence-corrected chi connectivity index (χ2v) is 3.74. The monoisotopic (exact) mass is 214 g/mol. The zero-order valence-electron chi connectivity index (χ0n) is 8.84. The van der Waals surface area contributed by atoms with Gasteiger partial charge in [-0.25, -0.2) is 8.78 Å². The number of aliphatic hydroxyl groups excluding tert-OH is 1. The lowest BCUT2D eigenvalue weighted by Crippen LogP contribution is -2.11. The van der Waals surface area contributed by atoms with Crippen LogP contribution in [0.5, 0.6) is 0 Å². The van der Waals surface area contributed by atoms with Crippen LogP contribution in [-0.4, -0.2) is 11.2 Å². The molecule has 1 aromatic rings. The van der Waals surface area contributed by atoms with Gasteiger partial charge < -0.3 is 5.11 Å². The molecule has 0 saturated carbocycles. The molecule has 0 saturated heterocycles. The van der Waals surface area contributed by atoms with E-state index in [1.165, 1.54) is 12.1 Å². The maximum absolute atomic E-state index is 13.2. The van der Waals surface area contributed by atoms with Crippen LogP contribution in [0.4, 0.5) is 8.78 Å². The first-order valence-corrected chi connectivity index (χ1v) is 5.25. The average molecular weight is 214 g/mol. The number of hydrogen-bond acceptors (Lipinski definition) is 1. The molecule has 3 heteroatoms. The fourth-order valence-corrected chi connectivity index (χ4v) is 1.48. The molecule has 1 atom stereocenters. The minimum Gasteiger partial charge on any atom is -0.393 e. The van der Waals surface area contributed by atoms with Crippen LogP contribution in [0, 0.1) is 11.6 Å². The Bertz CT molecular complexity index is 312. The summed E-state index contributed by atoms with van der Waals surface area (Å²) in [5, 5.41) is 9.57. The number of benzene rings is 1. The summed E-state index contributed by atoms with van der Waals surface area (Å²) < 4.78 is 25.8. The van der Waals surface area contributed by atoms with Gasteiger partial charge in [-0.15, -0.1) is 0 Å². The van der Waals surface area contributed by atoms with E-state index in [0.29, 0.717) is 12.0 Å². The Hall–Kier alpha value is -0.960. The molecule has 1 nitrogen and oxygen atoms in total. The Morgan fingerprint density at radius 3 is 2.67 bits per heavy atom. The van der Waals surface area contributed by atoms with Crippen molar-refractivity contribution in [2.24, 2.45) is 0 Å². The summed E-state index contributed by atoms with van der Waals surface area (Å²) in [5.41, 5.74) is 0.375. The Morgan fingerprint density at radius 2 is 2.07 bits per heavy atom. The SMILES string of the molecule is CCCCC(O)Cc1ccc(F)cc1F. The van der Waals surface area contributed by atoms with E-state index in [1.54, 1.807) is 0 Å². The zero-order valence-corrected chi connectivity index (χ0v) is 8.84. The summed E-state index contributed by atoms with van der Waals surface area (Å²) in [6.07, 6.45) is 2.30. The molecule has 0 aliphatic heterocycles. The third kappa shape index (κ3) is 3.96. The van der Waals surface area contributed by atoms with Gasteiger partial charge in [-0.1, -0.05) is 25.8 Å². The Labute approximate surface area is 88.7 Å². The molecule has 1 N–H and O–H groups in total. The van der Waals surface area contributed by atoms with Crippen LogP contribution in [0.1, 0.15) is 31.7 Å². The summed E-state index contributed by atoms with van der Waals surface area (Å²) in [6.45, 7) is 2.03. The van der Waals surface area contributed by atoms with Gasteiger partial charge in [0, 0.05) is 12.5 Å². The highest BCUT2D eigenvalue weighted by Gasteiger charge is 2.09. The molecular formula is C12H16F2O. The average Bonchev–Trinajstić information content (AvgIpc) is 2.19. The Balaban J connectivity index is 2.56. The lowest BCUT2D eigenvalue weighted by molar-refractivity contribution is 0.160. The zero-order chi connectivity index (χ0) is 11.3. The standard InChI is InChI=1S/C12H16F2O/c1-2-3-4-11(15)7-9-5-6-10(13)8-12(9)14/h5-6,8,11,15H,2-4,7H2,1H3.